The number of carbonyl (C=O) groups excluding carboxylic acids is 2. The quantitative estimate of drug-likeness (QED) is 0.0733. The van der Waals surface area contributed by atoms with Gasteiger partial charge in [-0.2, -0.15) is 24.9 Å². The summed E-state index contributed by atoms with van der Waals surface area (Å²) >= 11 is 1.41. The lowest BCUT2D eigenvalue weighted by atomic mass is 9.97. The van der Waals surface area contributed by atoms with Crippen LogP contribution in [0.1, 0.15) is 72.9 Å². The number of amides is 1. The number of unbranched alkanes of at least 4 members (excludes halogenated alkanes) is 3. The van der Waals surface area contributed by atoms with E-state index in [9.17, 15) is 38.1 Å². The Bertz CT molecular complexity index is 1420. The van der Waals surface area contributed by atoms with Crippen molar-refractivity contribution in [1.29, 1.82) is 0 Å². The van der Waals surface area contributed by atoms with Gasteiger partial charge in [0, 0.05) is 35.1 Å². The van der Waals surface area contributed by atoms with Crippen molar-refractivity contribution in [3.63, 3.8) is 0 Å². The van der Waals surface area contributed by atoms with Gasteiger partial charge in [0.05, 0.1) is 23.9 Å². The molecule has 1 aliphatic carbocycles. The lowest BCUT2D eigenvalue weighted by molar-refractivity contribution is -0.137. The zero-order chi connectivity index (χ0) is 33.8. The van der Waals surface area contributed by atoms with Crippen molar-refractivity contribution in [2.75, 3.05) is 11.1 Å². The summed E-state index contributed by atoms with van der Waals surface area (Å²) in [6, 6.07) is 20.6. The molecule has 0 bridgehead atoms. The first-order valence-electron chi connectivity index (χ1n) is 16.0. The highest BCUT2D eigenvalue weighted by Gasteiger charge is 2.41. The van der Waals surface area contributed by atoms with Crippen LogP contribution in [-0.2, 0) is 17.4 Å². The van der Waals surface area contributed by atoms with Gasteiger partial charge in [0.25, 0.3) is 5.91 Å². The predicted molar refractivity (Wildman–Crippen MR) is 176 cm³/mol. The van der Waals surface area contributed by atoms with Crippen LogP contribution in [0.25, 0.3) is 0 Å². The Kier molecular flexibility index (Phi) is 13.7. The number of esters is 1. The molecule has 7 nitrogen and oxygen atoms in total. The van der Waals surface area contributed by atoms with Crippen LogP contribution in [0.2, 0.25) is 0 Å². The molecule has 0 aromatic heterocycles. The molecule has 0 radical (unpaired) electrons. The molecule has 5 atom stereocenters. The van der Waals surface area contributed by atoms with Gasteiger partial charge < -0.3 is 25.4 Å². The average Bonchev–Trinajstić information content (AvgIpc) is 3.32. The molecule has 1 aliphatic rings. The third-order valence-electron chi connectivity index (χ3n) is 8.33. The van der Waals surface area contributed by atoms with E-state index in [0.717, 1.165) is 31.4 Å². The highest BCUT2D eigenvalue weighted by Crippen LogP contribution is 2.39. The smallest absolute Gasteiger partial charge is 0.416 e. The first kappa shape index (κ1) is 36.5. The molecule has 0 spiro atoms. The number of aliphatic hydroxyl groups is 3. The summed E-state index contributed by atoms with van der Waals surface area (Å²) in [7, 11) is 0. The zero-order valence-corrected chi connectivity index (χ0v) is 26.9. The fourth-order valence-electron chi connectivity index (χ4n) is 5.78. The highest BCUT2D eigenvalue weighted by molar-refractivity contribution is 8.00. The topological polar surface area (TPSA) is 116 Å². The molecule has 11 heteroatoms. The number of hydrogen-bond donors (Lipinski definition) is 4. The van der Waals surface area contributed by atoms with Crippen molar-refractivity contribution < 1.29 is 42.8 Å². The van der Waals surface area contributed by atoms with Gasteiger partial charge in [-0.1, -0.05) is 55.7 Å². The number of benzene rings is 3. The second kappa shape index (κ2) is 17.7. The number of nitrogens with one attached hydrogen (secondary N) is 1. The van der Waals surface area contributed by atoms with Gasteiger partial charge in [-0.05, 0) is 79.6 Å². The minimum atomic E-state index is -4.41. The average molecular weight is 674 g/mol. The van der Waals surface area contributed by atoms with E-state index in [1.165, 1.54) is 17.8 Å². The molecular weight excluding hydrogens is 631 g/mol. The van der Waals surface area contributed by atoms with Crippen LogP contribution in [0.3, 0.4) is 0 Å². The van der Waals surface area contributed by atoms with Crippen LogP contribution in [0.15, 0.2) is 78.9 Å². The van der Waals surface area contributed by atoms with Crippen LogP contribution in [-0.4, -0.2) is 56.5 Å². The number of alkyl halides is 3. The van der Waals surface area contributed by atoms with Crippen molar-refractivity contribution in [3.8, 4) is 5.75 Å². The Morgan fingerprint density at radius 1 is 0.915 bits per heavy atom. The maximum absolute atomic E-state index is 13.0. The summed E-state index contributed by atoms with van der Waals surface area (Å²) in [4.78, 5) is 24.6. The Hall–Kier alpha value is -3.38. The van der Waals surface area contributed by atoms with Crippen molar-refractivity contribution in [3.05, 3.63) is 95.6 Å². The molecule has 4 rings (SSSR count). The van der Waals surface area contributed by atoms with E-state index in [-0.39, 0.29) is 35.9 Å². The third kappa shape index (κ3) is 11.7. The normalized spacial score (nSPS) is 20.1. The standard InChI is InChI=1S/C36H42F3NO6S/c37-36(38,39)26-12-8-9-24(21-26)15-18-28(41)23-47-34-30(31(42)22-32(34)43)13-6-1-2-7-14-33(44)46-29-19-16-27(17-20-29)40-35(45)25-10-4-3-5-11-25/h3-5,8-12,16-17,19-21,28,30-32,34,41-43H,1-2,6-7,13-15,18,22-23H2,(H,40,45)/t28?,30-,31?,32+,34+/m0/s1. The van der Waals surface area contributed by atoms with Crippen LogP contribution in [0.4, 0.5) is 18.9 Å². The fraction of sp³-hybridized carbons (Fsp3) is 0.444. The Morgan fingerprint density at radius 3 is 2.36 bits per heavy atom. The van der Waals surface area contributed by atoms with Gasteiger partial charge >= 0.3 is 12.1 Å². The molecule has 0 saturated heterocycles. The van der Waals surface area contributed by atoms with Gasteiger partial charge in [-0.25, -0.2) is 0 Å². The monoisotopic (exact) mass is 673 g/mol. The maximum Gasteiger partial charge on any atom is 0.416 e. The number of rotatable bonds is 16. The summed E-state index contributed by atoms with van der Waals surface area (Å²) in [6.07, 6.45) is -1.55. The molecule has 0 aliphatic heterocycles. The zero-order valence-electron chi connectivity index (χ0n) is 26.1. The lowest BCUT2D eigenvalue weighted by Crippen LogP contribution is -2.27. The van der Waals surface area contributed by atoms with E-state index in [1.807, 2.05) is 6.07 Å². The molecule has 1 saturated carbocycles. The Balaban J connectivity index is 1.10. The van der Waals surface area contributed by atoms with E-state index >= 15 is 0 Å². The molecule has 3 aromatic carbocycles. The van der Waals surface area contributed by atoms with Gasteiger partial charge in [-0.3, -0.25) is 9.59 Å². The maximum atomic E-state index is 13.0. The number of ether oxygens (including phenoxy) is 1. The van der Waals surface area contributed by atoms with Crippen LogP contribution < -0.4 is 10.1 Å². The second-order valence-corrected chi connectivity index (χ2v) is 13.2. The third-order valence-corrected chi connectivity index (χ3v) is 9.95. The molecule has 1 fully saturated rings. The van der Waals surface area contributed by atoms with Crippen molar-refractivity contribution in [2.24, 2.45) is 5.92 Å². The van der Waals surface area contributed by atoms with Gasteiger partial charge in [0.2, 0.25) is 0 Å². The summed E-state index contributed by atoms with van der Waals surface area (Å²) < 4.78 is 44.3. The highest BCUT2D eigenvalue weighted by atomic mass is 32.2. The lowest BCUT2D eigenvalue weighted by Gasteiger charge is -2.24. The number of aliphatic hydroxyl groups excluding tert-OH is 3. The van der Waals surface area contributed by atoms with Gasteiger partial charge in [0.1, 0.15) is 5.75 Å². The van der Waals surface area contributed by atoms with E-state index in [2.05, 4.69) is 5.32 Å². The first-order valence-corrected chi connectivity index (χ1v) is 17.0. The Morgan fingerprint density at radius 2 is 1.64 bits per heavy atom. The number of halogens is 3. The molecule has 3 aromatic rings. The van der Waals surface area contributed by atoms with Crippen molar-refractivity contribution >= 4 is 29.3 Å². The number of anilines is 1. The van der Waals surface area contributed by atoms with E-state index in [0.29, 0.717) is 54.0 Å². The van der Waals surface area contributed by atoms with Crippen LogP contribution >= 0.6 is 11.8 Å². The second-order valence-electron chi connectivity index (χ2n) is 12.0. The molecule has 4 N–H and O–H groups in total. The van der Waals surface area contributed by atoms with Crippen molar-refractivity contribution in [1.82, 2.24) is 0 Å². The predicted octanol–water partition coefficient (Wildman–Crippen LogP) is 7.04. The molecule has 1 amide bonds. The number of aryl methyl sites for hydroxylation is 1. The molecule has 254 valence electrons. The van der Waals surface area contributed by atoms with E-state index in [4.69, 9.17) is 4.74 Å². The van der Waals surface area contributed by atoms with Crippen LogP contribution in [0, 0.1) is 5.92 Å². The largest absolute Gasteiger partial charge is 0.427 e. The molecule has 2 unspecified atom stereocenters. The van der Waals surface area contributed by atoms with E-state index < -0.39 is 30.1 Å². The molecular formula is C36H42F3NO6S. The summed E-state index contributed by atoms with van der Waals surface area (Å²) in [5.74, 6) is 0.00907. The minimum absolute atomic E-state index is 0.129. The Labute approximate surface area is 277 Å². The fourth-order valence-corrected chi connectivity index (χ4v) is 7.29. The SMILES string of the molecule is O=C(CCCCCC[C@H]1C(O)C[C@@H](O)[C@@H]1SCC(O)CCc1cccc(C(F)(F)F)c1)Oc1ccc(NC(=O)c2ccccc2)cc1. The number of thioether (sulfide) groups is 1. The number of hydrogen-bond acceptors (Lipinski definition) is 7. The minimum Gasteiger partial charge on any atom is -0.427 e. The molecule has 0 heterocycles. The van der Waals surface area contributed by atoms with E-state index in [1.54, 1.807) is 54.6 Å². The molecule has 47 heavy (non-hydrogen) atoms. The number of carbonyl (C=O) groups is 2. The summed E-state index contributed by atoms with van der Waals surface area (Å²) in [6.45, 7) is 0. The van der Waals surface area contributed by atoms with Gasteiger partial charge in [-0.15, -0.1) is 0 Å². The van der Waals surface area contributed by atoms with Crippen molar-refractivity contribution in [2.45, 2.75) is 87.5 Å². The van der Waals surface area contributed by atoms with Crippen LogP contribution in [0.5, 0.6) is 5.75 Å². The first-order chi connectivity index (χ1) is 22.5. The summed E-state index contributed by atoms with van der Waals surface area (Å²) in [5.41, 5.74) is 0.928. The summed E-state index contributed by atoms with van der Waals surface area (Å²) in [5, 5.41) is 34.2. The van der Waals surface area contributed by atoms with Gasteiger partial charge in [0.15, 0.2) is 0 Å².